The molecule has 0 bridgehead atoms. The summed E-state index contributed by atoms with van der Waals surface area (Å²) < 4.78 is 1.66. The van der Waals surface area contributed by atoms with Gasteiger partial charge in [0.2, 0.25) is 5.91 Å². The van der Waals surface area contributed by atoms with Crippen molar-refractivity contribution in [2.75, 3.05) is 33.1 Å². The van der Waals surface area contributed by atoms with Crippen LogP contribution in [0.3, 0.4) is 0 Å². The molecule has 21 heavy (non-hydrogen) atoms. The van der Waals surface area contributed by atoms with Crippen molar-refractivity contribution >= 4 is 22.8 Å². The van der Waals surface area contributed by atoms with E-state index in [1.54, 1.807) is 36.9 Å². The Labute approximate surface area is 122 Å². The number of hydrogen-bond acceptors (Lipinski definition) is 7. The topological polar surface area (TPSA) is 105 Å². The first-order valence-electron chi connectivity index (χ1n) is 6.46. The minimum atomic E-state index is 0.0243. The van der Waals surface area contributed by atoms with E-state index in [-0.39, 0.29) is 5.91 Å². The van der Waals surface area contributed by atoms with Crippen LogP contribution < -0.4 is 11.3 Å². The Kier molecular flexibility index (Phi) is 4.34. The third-order valence-electron chi connectivity index (χ3n) is 3.09. The zero-order valence-electron chi connectivity index (χ0n) is 12.7. The fourth-order valence-electron chi connectivity index (χ4n) is 1.92. The van der Waals surface area contributed by atoms with E-state index >= 15 is 0 Å². The molecule has 0 aliphatic carbocycles. The lowest BCUT2D eigenvalue weighted by molar-refractivity contribution is -0.129. The van der Waals surface area contributed by atoms with Crippen molar-refractivity contribution in [3.8, 4) is 0 Å². The first-order chi connectivity index (χ1) is 9.92. The Hall–Kier alpha value is -2.26. The minimum Gasteiger partial charge on any atom is -0.348 e. The van der Waals surface area contributed by atoms with Crippen molar-refractivity contribution < 1.29 is 4.79 Å². The fraction of sp³-hybridized carbons (Fsp3) is 0.500. The van der Waals surface area contributed by atoms with Crippen molar-refractivity contribution in [3.05, 3.63) is 12.0 Å². The molecule has 0 aliphatic rings. The van der Waals surface area contributed by atoms with Gasteiger partial charge < -0.3 is 10.3 Å². The van der Waals surface area contributed by atoms with Crippen LogP contribution in [0.25, 0.3) is 11.0 Å². The van der Waals surface area contributed by atoms with Gasteiger partial charge in [0.05, 0.1) is 24.7 Å². The normalized spacial score (nSPS) is 11.1. The van der Waals surface area contributed by atoms with Crippen molar-refractivity contribution in [1.29, 1.82) is 0 Å². The van der Waals surface area contributed by atoms with E-state index in [0.717, 1.165) is 5.39 Å². The molecule has 0 fully saturated rings. The average Bonchev–Trinajstić information content (AvgIpc) is 2.79. The number of aryl methyl sites for hydroxylation is 1. The minimum absolute atomic E-state index is 0.0243. The molecule has 0 spiro atoms. The number of amides is 1. The highest BCUT2D eigenvalue weighted by Gasteiger charge is 2.14. The second-order valence-corrected chi connectivity index (χ2v) is 5.10. The molecule has 1 amide bonds. The van der Waals surface area contributed by atoms with Crippen LogP contribution in [0, 0.1) is 0 Å². The summed E-state index contributed by atoms with van der Waals surface area (Å²) in [6.07, 6.45) is 1.66. The summed E-state index contributed by atoms with van der Waals surface area (Å²) in [7, 11) is 7.10. The summed E-state index contributed by atoms with van der Waals surface area (Å²) in [5.41, 5.74) is 3.25. The van der Waals surface area contributed by atoms with E-state index in [9.17, 15) is 4.79 Å². The molecule has 0 atom stereocenters. The van der Waals surface area contributed by atoms with Crippen molar-refractivity contribution in [2.24, 2.45) is 12.9 Å². The molecule has 0 saturated heterocycles. The molecule has 0 radical (unpaired) electrons. The number of nitrogens with two attached hydrogens (primary N) is 1. The molecule has 0 unspecified atom stereocenters. The van der Waals surface area contributed by atoms with Crippen molar-refractivity contribution in [1.82, 2.24) is 29.5 Å². The summed E-state index contributed by atoms with van der Waals surface area (Å²) in [5.74, 6) is 6.62. The molecule has 9 heteroatoms. The van der Waals surface area contributed by atoms with E-state index in [1.165, 1.54) is 0 Å². The molecule has 2 heterocycles. The first kappa shape index (κ1) is 15.1. The highest BCUT2D eigenvalue weighted by atomic mass is 16.2. The molecule has 9 nitrogen and oxygen atoms in total. The Bertz CT molecular complexity index is 650. The summed E-state index contributed by atoms with van der Waals surface area (Å²) in [5, 5.41) is 4.90. The zero-order chi connectivity index (χ0) is 15.6. The number of carbonyl (C=O) groups excluding carboxylic acids is 1. The number of aromatic nitrogens is 4. The van der Waals surface area contributed by atoms with Gasteiger partial charge in [-0.3, -0.25) is 14.4 Å². The van der Waals surface area contributed by atoms with Crippen LogP contribution in [0.2, 0.25) is 0 Å². The third kappa shape index (κ3) is 3.26. The Morgan fingerprint density at radius 3 is 2.71 bits per heavy atom. The quantitative estimate of drug-likeness (QED) is 0.547. The first-order valence-corrected chi connectivity index (χ1v) is 6.46. The Morgan fingerprint density at radius 1 is 1.38 bits per heavy atom. The Balaban J connectivity index is 2.22. The molecule has 3 N–H and O–H groups in total. The molecular formula is C12H20N8O. The second kappa shape index (κ2) is 6.02. The maximum atomic E-state index is 11.7. The van der Waals surface area contributed by atoms with E-state index in [0.29, 0.717) is 30.4 Å². The largest absolute Gasteiger partial charge is 0.348 e. The number of carbonyl (C=O) groups is 1. The average molecular weight is 292 g/mol. The highest BCUT2D eigenvalue weighted by Crippen LogP contribution is 2.18. The number of hydrogen-bond donors (Lipinski definition) is 2. The molecule has 0 saturated carbocycles. The van der Waals surface area contributed by atoms with Gasteiger partial charge in [-0.2, -0.15) is 5.10 Å². The summed E-state index contributed by atoms with van der Waals surface area (Å²) in [4.78, 5) is 23.9. The van der Waals surface area contributed by atoms with Gasteiger partial charge in [0.1, 0.15) is 5.82 Å². The molecule has 0 aromatic carbocycles. The monoisotopic (exact) mass is 292 g/mol. The maximum Gasteiger partial charge on any atom is 0.236 e. The second-order valence-electron chi connectivity index (χ2n) is 5.10. The smallest absolute Gasteiger partial charge is 0.236 e. The van der Waals surface area contributed by atoms with Crippen LogP contribution in [0.15, 0.2) is 6.20 Å². The van der Waals surface area contributed by atoms with Crippen LogP contribution in [0.4, 0.5) is 5.82 Å². The van der Waals surface area contributed by atoms with E-state index < -0.39 is 0 Å². The Morgan fingerprint density at radius 2 is 2.10 bits per heavy atom. The SMILES string of the molecule is CN(CC(=O)N(C)C)Cc1nc(NN)c2cnn(C)c2n1. The maximum absolute atomic E-state index is 11.7. The number of likely N-dealkylation sites (N-methyl/N-ethyl adjacent to an activating group) is 2. The van der Waals surface area contributed by atoms with E-state index in [1.807, 2.05) is 11.9 Å². The summed E-state index contributed by atoms with van der Waals surface area (Å²) in [6, 6.07) is 0. The lowest BCUT2D eigenvalue weighted by atomic mass is 10.3. The number of nitrogens with zero attached hydrogens (tertiary/aromatic N) is 6. The van der Waals surface area contributed by atoms with Crippen LogP contribution in [-0.2, 0) is 18.4 Å². The van der Waals surface area contributed by atoms with E-state index in [4.69, 9.17) is 5.84 Å². The van der Waals surface area contributed by atoms with Gasteiger partial charge in [-0.25, -0.2) is 15.8 Å². The predicted octanol–water partition coefficient (Wildman–Crippen LogP) is -0.831. The number of nitrogens with one attached hydrogen (secondary N) is 1. The summed E-state index contributed by atoms with van der Waals surface area (Å²) in [6.45, 7) is 0.737. The fourth-order valence-corrected chi connectivity index (χ4v) is 1.92. The molecular weight excluding hydrogens is 272 g/mol. The van der Waals surface area contributed by atoms with Gasteiger partial charge in [0, 0.05) is 21.1 Å². The number of nitrogen functional groups attached to an aromatic ring is 1. The zero-order valence-corrected chi connectivity index (χ0v) is 12.7. The molecule has 2 rings (SSSR count). The number of hydrazine groups is 1. The predicted molar refractivity (Wildman–Crippen MR) is 79.1 cm³/mol. The highest BCUT2D eigenvalue weighted by molar-refractivity contribution is 5.86. The number of rotatable bonds is 5. The molecule has 114 valence electrons. The van der Waals surface area contributed by atoms with Gasteiger partial charge in [-0.05, 0) is 7.05 Å². The lowest BCUT2D eigenvalue weighted by Gasteiger charge is -2.18. The standard InChI is InChI=1S/C12H20N8O/c1-18(2)10(21)7-19(3)6-9-15-11(17-13)8-5-14-20(4)12(8)16-9/h5H,6-7,13H2,1-4H3,(H,15,16,17). The van der Waals surface area contributed by atoms with Gasteiger partial charge in [0.25, 0.3) is 0 Å². The van der Waals surface area contributed by atoms with Gasteiger partial charge >= 0.3 is 0 Å². The molecule has 2 aromatic heterocycles. The van der Waals surface area contributed by atoms with Crippen molar-refractivity contribution in [2.45, 2.75) is 6.54 Å². The van der Waals surface area contributed by atoms with Gasteiger partial charge in [-0.1, -0.05) is 0 Å². The number of anilines is 1. The molecule has 0 aliphatic heterocycles. The van der Waals surface area contributed by atoms with Crippen LogP contribution in [-0.4, -0.2) is 63.1 Å². The van der Waals surface area contributed by atoms with Crippen molar-refractivity contribution in [3.63, 3.8) is 0 Å². The van der Waals surface area contributed by atoms with E-state index in [2.05, 4.69) is 20.5 Å². The lowest BCUT2D eigenvalue weighted by Crippen LogP contribution is -2.34. The molecule has 2 aromatic rings. The van der Waals surface area contributed by atoms with Gasteiger partial charge in [0.15, 0.2) is 11.5 Å². The van der Waals surface area contributed by atoms with Crippen LogP contribution in [0.5, 0.6) is 0 Å². The van der Waals surface area contributed by atoms with Crippen LogP contribution in [0.1, 0.15) is 5.82 Å². The third-order valence-corrected chi connectivity index (χ3v) is 3.09. The van der Waals surface area contributed by atoms with Crippen LogP contribution >= 0.6 is 0 Å². The van der Waals surface area contributed by atoms with Gasteiger partial charge in [-0.15, -0.1) is 0 Å². The summed E-state index contributed by atoms with van der Waals surface area (Å²) >= 11 is 0. The number of fused-ring (bicyclic) bond motifs is 1.